The molecule has 2 atom stereocenters. The second-order valence-corrected chi connectivity index (χ2v) is 7.88. The number of ether oxygens (including phenoxy) is 1. The lowest BCUT2D eigenvalue weighted by Crippen LogP contribution is -2.47. The Kier molecular flexibility index (Phi) is 6.60. The molecule has 1 spiro atoms. The first-order chi connectivity index (χ1) is 14.5. The Balaban J connectivity index is 0.00000124. The predicted molar refractivity (Wildman–Crippen MR) is 121 cm³/mol. The summed E-state index contributed by atoms with van der Waals surface area (Å²) in [4.78, 5) is 26.8. The van der Waals surface area contributed by atoms with Gasteiger partial charge < -0.3 is 10.1 Å². The number of carbonyl (C=O) groups excluding carboxylic acids is 2. The largest absolute Gasteiger partial charge is 0.481 e. The van der Waals surface area contributed by atoms with Crippen LogP contribution in [0.3, 0.4) is 0 Å². The van der Waals surface area contributed by atoms with Crippen LogP contribution in [0.25, 0.3) is 0 Å². The maximum absolute atomic E-state index is 13.2. The minimum Gasteiger partial charge on any atom is -0.481 e. The minimum absolute atomic E-state index is 0.0104. The number of hydrogen-bond donors (Lipinski definition) is 1. The van der Waals surface area contributed by atoms with Crippen LogP contribution in [0.2, 0.25) is 0 Å². The first kappa shape index (κ1) is 21.6. The number of hydrogen-bond acceptors (Lipinski definition) is 3. The fourth-order valence-electron chi connectivity index (χ4n) is 4.27. The average Bonchev–Trinajstić information content (AvgIpc) is 3.11. The zero-order valence-electron chi connectivity index (χ0n) is 17.8. The van der Waals surface area contributed by atoms with Gasteiger partial charge in [0.2, 0.25) is 5.91 Å². The zero-order chi connectivity index (χ0) is 21.7. The first-order valence-electron chi connectivity index (χ1n) is 10.4. The summed E-state index contributed by atoms with van der Waals surface area (Å²) in [5, 5.41) is 2.82. The summed E-state index contributed by atoms with van der Waals surface area (Å²) in [6.45, 7) is 10.1. The number of anilines is 2. The van der Waals surface area contributed by atoms with E-state index in [0.717, 1.165) is 25.0 Å². The van der Waals surface area contributed by atoms with Crippen LogP contribution in [0.1, 0.15) is 39.5 Å². The molecular weight excluding hydrogens is 376 g/mol. The van der Waals surface area contributed by atoms with E-state index in [-0.39, 0.29) is 23.8 Å². The van der Waals surface area contributed by atoms with E-state index >= 15 is 0 Å². The predicted octanol–water partition coefficient (Wildman–Crippen LogP) is 5.14. The van der Waals surface area contributed by atoms with Gasteiger partial charge in [-0.25, -0.2) is 0 Å². The van der Waals surface area contributed by atoms with E-state index in [4.69, 9.17) is 4.74 Å². The van der Waals surface area contributed by atoms with Gasteiger partial charge in [-0.05, 0) is 56.9 Å². The lowest BCUT2D eigenvalue weighted by Gasteiger charge is -2.33. The van der Waals surface area contributed by atoms with Crippen molar-refractivity contribution in [2.45, 2.75) is 45.6 Å². The maximum atomic E-state index is 13.2. The maximum Gasteiger partial charge on any atom is 0.268 e. The van der Waals surface area contributed by atoms with E-state index in [1.807, 2.05) is 31.2 Å². The SMILES string of the molecule is C=C.CCC(OC1=CC2(C=C(C)CC2)CC=C1)C(=O)N1CC(=O)Nc2ccccc21. The Bertz CT molecular complexity index is 915. The molecule has 0 bridgehead atoms. The Morgan fingerprint density at radius 1 is 1.30 bits per heavy atom. The molecule has 0 saturated carbocycles. The molecule has 158 valence electrons. The average molecular weight is 407 g/mol. The second-order valence-electron chi connectivity index (χ2n) is 7.88. The van der Waals surface area contributed by atoms with Crippen molar-refractivity contribution in [3.63, 3.8) is 0 Å². The summed E-state index contributed by atoms with van der Waals surface area (Å²) in [6, 6.07) is 7.36. The third-order valence-corrected chi connectivity index (χ3v) is 5.69. The first-order valence-corrected chi connectivity index (χ1v) is 10.4. The molecule has 1 aliphatic heterocycles. The molecule has 0 radical (unpaired) electrons. The summed E-state index contributed by atoms with van der Waals surface area (Å²) >= 11 is 0. The van der Waals surface area contributed by atoms with Crippen molar-refractivity contribution < 1.29 is 14.3 Å². The molecule has 2 aliphatic carbocycles. The molecule has 3 aliphatic rings. The highest BCUT2D eigenvalue weighted by atomic mass is 16.5. The van der Waals surface area contributed by atoms with Gasteiger partial charge in [-0.2, -0.15) is 0 Å². The normalized spacial score (nSPS) is 22.9. The summed E-state index contributed by atoms with van der Waals surface area (Å²) in [5.74, 6) is 0.369. The smallest absolute Gasteiger partial charge is 0.268 e. The van der Waals surface area contributed by atoms with E-state index in [0.29, 0.717) is 17.8 Å². The summed E-state index contributed by atoms with van der Waals surface area (Å²) in [6.07, 6.45) is 11.6. The second kappa shape index (κ2) is 9.16. The molecular formula is C25H30N2O3. The molecule has 1 aromatic rings. The van der Waals surface area contributed by atoms with E-state index < -0.39 is 6.10 Å². The van der Waals surface area contributed by atoms with E-state index in [9.17, 15) is 9.59 Å². The number of benzene rings is 1. The highest BCUT2D eigenvalue weighted by Crippen LogP contribution is 2.43. The molecule has 5 heteroatoms. The molecule has 2 amide bonds. The Labute approximate surface area is 178 Å². The molecule has 30 heavy (non-hydrogen) atoms. The van der Waals surface area contributed by atoms with Gasteiger partial charge in [0.15, 0.2) is 6.10 Å². The van der Waals surface area contributed by atoms with Crippen LogP contribution in [-0.4, -0.2) is 24.5 Å². The van der Waals surface area contributed by atoms with Crippen molar-refractivity contribution in [1.29, 1.82) is 0 Å². The van der Waals surface area contributed by atoms with Gasteiger partial charge in [-0.15, -0.1) is 13.2 Å². The Hall–Kier alpha value is -3.08. The lowest BCUT2D eigenvalue weighted by molar-refractivity contribution is -0.129. The van der Waals surface area contributed by atoms with Gasteiger partial charge in [0.05, 0.1) is 11.4 Å². The number of nitrogens with one attached hydrogen (secondary N) is 1. The molecule has 2 unspecified atom stereocenters. The quantitative estimate of drug-likeness (QED) is 0.705. The van der Waals surface area contributed by atoms with Gasteiger partial charge >= 0.3 is 0 Å². The highest BCUT2D eigenvalue weighted by molar-refractivity contribution is 6.10. The van der Waals surface area contributed by atoms with Gasteiger partial charge in [0, 0.05) is 5.41 Å². The number of allylic oxidation sites excluding steroid dienone is 5. The number of para-hydroxylation sites is 2. The number of carbonyl (C=O) groups is 2. The van der Waals surface area contributed by atoms with E-state index in [1.54, 1.807) is 6.07 Å². The molecule has 0 saturated heterocycles. The molecule has 0 aromatic heterocycles. The summed E-state index contributed by atoms with van der Waals surface area (Å²) in [7, 11) is 0. The Morgan fingerprint density at radius 2 is 2.07 bits per heavy atom. The number of fused-ring (bicyclic) bond motifs is 1. The fourth-order valence-corrected chi connectivity index (χ4v) is 4.27. The highest BCUT2D eigenvalue weighted by Gasteiger charge is 2.34. The van der Waals surface area contributed by atoms with Gasteiger partial charge in [0.25, 0.3) is 5.91 Å². The molecule has 1 N–H and O–H groups in total. The van der Waals surface area contributed by atoms with Crippen molar-refractivity contribution in [3.05, 3.63) is 73.1 Å². The van der Waals surface area contributed by atoms with Crippen molar-refractivity contribution >= 4 is 23.2 Å². The van der Waals surface area contributed by atoms with Crippen molar-refractivity contribution in [1.82, 2.24) is 0 Å². The molecule has 4 rings (SSSR count). The number of nitrogens with zero attached hydrogens (tertiary/aromatic N) is 1. The van der Waals surface area contributed by atoms with Gasteiger partial charge in [-0.1, -0.05) is 36.8 Å². The monoisotopic (exact) mass is 406 g/mol. The van der Waals surface area contributed by atoms with Gasteiger partial charge in [0.1, 0.15) is 12.3 Å². The third-order valence-electron chi connectivity index (χ3n) is 5.69. The topological polar surface area (TPSA) is 58.6 Å². The van der Waals surface area contributed by atoms with Gasteiger partial charge in [-0.3, -0.25) is 14.5 Å². The van der Waals surface area contributed by atoms with E-state index in [2.05, 4.69) is 43.6 Å². The van der Waals surface area contributed by atoms with Crippen LogP contribution in [0.5, 0.6) is 0 Å². The summed E-state index contributed by atoms with van der Waals surface area (Å²) in [5.41, 5.74) is 2.80. The van der Waals surface area contributed by atoms with Crippen LogP contribution in [0, 0.1) is 5.41 Å². The van der Waals surface area contributed by atoms with E-state index in [1.165, 1.54) is 10.5 Å². The molecule has 0 fully saturated rings. The van der Waals surface area contributed by atoms with Crippen LogP contribution in [-0.2, 0) is 14.3 Å². The molecule has 1 aromatic carbocycles. The van der Waals surface area contributed by atoms with Crippen LogP contribution in [0.4, 0.5) is 11.4 Å². The van der Waals surface area contributed by atoms with Crippen LogP contribution >= 0.6 is 0 Å². The Morgan fingerprint density at radius 3 is 2.77 bits per heavy atom. The standard InChI is InChI=1S/C23H26N2O3.C2H4/c1-3-20(28-17-7-6-11-23(14-17)12-10-16(2)13-23)22(27)25-15-21(26)24-18-8-4-5-9-19(18)25;1-2/h4-9,13-14,20H,3,10-12,15H2,1-2H3,(H,24,26);1-2H2. The number of rotatable bonds is 4. The fraction of sp³-hybridized carbons (Fsp3) is 0.360. The third kappa shape index (κ3) is 4.40. The van der Waals surface area contributed by atoms with Crippen molar-refractivity contribution in [3.8, 4) is 0 Å². The lowest BCUT2D eigenvalue weighted by atomic mass is 9.81. The number of amides is 2. The van der Waals surface area contributed by atoms with Crippen molar-refractivity contribution in [2.75, 3.05) is 16.8 Å². The minimum atomic E-state index is -0.628. The molecule has 5 nitrogen and oxygen atoms in total. The van der Waals surface area contributed by atoms with Crippen molar-refractivity contribution in [2.24, 2.45) is 5.41 Å². The van der Waals surface area contributed by atoms with Crippen LogP contribution in [0.15, 0.2) is 73.1 Å². The molecule has 1 heterocycles. The van der Waals surface area contributed by atoms with Crippen LogP contribution < -0.4 is 10.2 Å². The zero-order valence-corrected chi connectivity index (χ0v) is 17.8. The summed E-state index contributed by atoms with van der Waals surface area (Å²) < 4.78 is 6.15.